The molecule has 0 aliphatic rings. The predicted molar refractivity (Wildman–Crippen MR) is 513 cm³/mol. The largest absolute Gasteiger partial charge is 0.310 e. The number of para-hydroxylation sites is 8. The number of hydrogen-bond acceptors (Lipinski definition) is 12. The molecular formula is C105H72N4S8. The molecule has 0 aliphatic carbocycles. The number of nitrogens with zero attached hydrogens (tertiary/aromatic N) is 4. The minimum Gasteiger partial charge on any atom is -0.310 e. The monoisotopic (exact) mass is 1640 g/mol. The van der Waals surface area contributed by atoms with Crippen molar-refractivity contribution in [2.24, 2.45) is 0 Å². The highest BCUT2D eigenvalue weighted by Gasteiger charge is 2.25. The van der Waals surface area contributed by atoms with E-state index in [1.54, 1.807) is 11.3 Å². The van der Waals surface area contributed by atoms with Crippen LogP contribution in [0.5, 0.6) is 0 Å². The quantitative estimate of drug-likeness (QED) is 0.0633. The summed E-state index contributed by atoms with van der Waals surface area (Å²) in [5.41, 5.74) is 22.5. The number of hydrogen-bond donors (Lipinski definition) is 0. The molecule has 0 saturated carbocycles. The van der Waals surface area contributed by atoms with Gasteiger partial charge in [0.15, 0.2) is 0 Å². The van der Waals surface area contributed by atoms with E-state index in [0.29, 0.717) is 0 Å². The molecule has 0 saturated heterocycles. The summed E-state index contributed by atoms with van der Waals surface area (Å²) < 4.78 is 0. The fraction of sp³-hybridized carbons (Fsp3) is 0.00952. The Balaban J connectivity index is 0.668. The Bertz CT molecular complexity index is 6110. The topological polar surface area (TPSA) is 13.0 Å². The summed E-state index contributed by atoms with van der Waals surface area (Å²) >= 11 is 14.9. The average Bonchev–Trinajstić information content (AvgIpc) is 1.48. The van der Waals surface area contributed by atoms with Crippen molar-refractivity contribution in [3.63, 3.8) is 0 Å². The predicted octanol–water partition coefficient (Wildman–Crippen LogP) is 34.7. The Morgan fingerprint density at radius 2 is 0.325 bits per heavy atom. The third-order valence-electron chi connectivity index (χ3n) is 20.7. The molecule has 0 amide bonds. The summed E-state index contributed by atoms with van der Waals surface area (Å²) in [5.74, 6) is 0. The number of rotatable bonds is 23. The summed E-state index contributed by atoms with van der Waals surface area (Å²) in [4.78, 5) is 28.1. The van der Waals surface area contributed by atoms with Gasteiger partial charge < -0.3 is 19.6 Å². The molecule has 0 N–H and O–H groups in total. The van der Waals surface area contributed by atoms with Crippen LogP contribution in [0.3, 0.4) is 0 Å². The first-order valence-electron chi connectivity index (χ1n) is 38.8. The van der Waals surface area contributed by atoms with Gasteiger partial charge in [-0.2, -0.15) is 0 Å². The van der Waals surface area contributed by atoms with E-state index in [2.05, 4.69) is 444 Å². The van der Waals surface area contributed by atoms with Crippen LogP contribution in [0.2, 0.25) is 0 Å². The molecule has 0 fully saturated rings. The van der Waals surface area contributed by atoms with Gasteiger partial charge in [0, 0.05) is 141 Å². The van der Waals surface area contributed by atoms with E-state index in [0.717, 1.165) is 79.4 Å². The molecule has 20 rings (SSSR count). The van der Waals surface area contributed by atoms with Crippen LogP contribution in [0.25, 0.3) is 112 Å². The molecule has 0 unspecified atom stereocenters. The molecule has 0 aliphatic heterocycles. The third kappa shape index (κ3) is 15.6. The molecule has 20 aromatic rings. The fourth-order valence-corrected chi connectivity index (χ4v) is 23.4. The van der Waals surface area contributed by atoms with Crippen molar-refractivity contribution in [2.45, 2.75) is 6.92 Å². The maximum absolute atomic E-state index is 2.43. The average molecular weight is 1650 g/mol. The van der Waals surface area contributed by atoms with Gasteiger partial charge in [-0.25, -0.2) is 0 Å². The SMILES string of the molecule is Cc1cc(-c2ccc(-c3cccs3)s2)cc(-c2ccc(-c3ccc(-c4cc(-c5ccc(-c6ccc(-c7cc(N(c8ccccc8)c8ccccc8)cc(N(c8ccccc8)c8ccccc8)c7)s6)s5)cc(-c5ccc(-c6ccc(-c7cc(N(c8ccccc8)c8ccccc8)cc(N(c8ccccc8)c8ccccc8)c7)s6)s5)c4)s3)s2)c1. The van der Waals surface area contributed by atoms with Crippen LogP contribution in [0, 0.1) is 6.92 Å². The van der Waals surface area contributed by atoms with Gasteiger partial charge in [0.2, 0.25) is 0 Å². The maximum Gasteiger partial charge on any atom is 0.0488 e. The Hall–Kier alpha value is -12.6. The van der Waals surface area contributed by atoms with Gasteiger partial charge in [0.25, 0.3) is 0 Å². The van der Waals surface area contributed by atoms with Gasteiger partial charge in [-0.1, -0.05) is 164 Å². The highest BCUT2D eigenvalue weighted by Crippen LogP contribution is 2.52. The Kier molecular flexibility index (Phi) is 20.7. The first-order valence-corrected chi connectivity index (χ1v) is 45.4. The molecule has 0 radical (unpaired) electrons. The second-order valence-electron chi connectivity index (χ2n) is 28.5. The van der Waals surface area contributed by atoms with Crippen LogP contribution < -0.4 is 19.6 Å². The number of aryl methyl sites for hydroxylation is 1. The third-order valence-corrected chi connectivity index (χ3v) is 30.3. The normalized spacial score (nSPS) is 11.3. The van der Waals surface area contributed by atoms with Gasteiger partial charge in [0.05, 0.1) is 0 Å². The lowest BCUT2D eigenvalue weighted by atomic mass is 10.0. The van der Waals surface area contributed by atoms with E-state index < -0.39 is 0 Å². The molecule has 12 aromatic carbocycles. The molecule has 560 valence electrons. The highest BCUT2D eigenvalue weighted by atomic mass is 32.1. The van der Waals surface area contributed by atoms with E-state index in [1.807, 2.05) is 79.4 Å². The molecule has 8 aromatic heterocycles. The zero-order valence-electron chi connectivity index (χ0n) is 63.4. The molecule has 8 heterocycles. The highest BCUT2D eigenvalue weighted by molar-refractivity contribution is 7.27. The number of benzene rings is 12. The van der Waals surface area contributed by atoms with Crippen LogP contribution in [0.1, 0.15) is 5.56 Å². The maximum atomic E-state index is 2.43. The van der Waals surface area contributed by atoms with Gasteiger partial charge in [0.1, 0.15) is 0 Å². The minimum atomic E-state index is 1.06. The summed E-state index contributed by atoms with van der Waals surface area (Å²) in [5, 5.41) is 2.16. The lowest BCUT2D eigenvalue weighted by Gasteiger charge is -2.30. The standard InChI is InChI=1S/C105H72N4S8/c1-71-59-72(91-44-51-99(111-91)98-43-26-58-110-98)61-73(60-71)92-45-52-100(112-92)101-53-46-93(113-101)74-62-75(94-47-54-102(114-94)104-56-49-96(116-104)77-65-87(106(79-27-10-2-11-28-79)80-29-12-3-13-30-80)69-88(66-77)107(81-31-14-4-15-32-81)82-33-16-5-17-34-82)64-76(63-74)95-48-55-103(115-95)105-57-50-97(117-105)78-67-89(108(83-35-18-6-19-36-83)84-37-20-7-21-38-84)70-90(68-78)109(85-39-22-8-23-40-85)86-41-24-9-25-42-86/h2-70H,1H3. The van der Waals surface area contributed by atoms with E-state index in [9.17, 15) is 0 Å². The molecule has 12 heteroatoms. The summed E-state index contributed by atoms with van der Waals surface area (Å²) in [6.45, 7) is 2.22. The number of thiophene rings is 8. The zero-order chi connectivity index (χ0) is 78.0. The van der Waals surface area contributed by atoms with Crippen LogP contribution in [0.15, 0.2) is 418 Å². The van der Waals surface area contributed by atoms with E-state index in [4.69, 9.17) is 0 Å². The summed E-state index contributed by atoms with van der Waals surface area (Å²) in [6.07, 6.45) is 0. The van der Waals surface area contributed by atoms with Crippen molar-refractivity contribution in [3.8, 4) is 112 Å². The van der Waals surface area contributed by atoms with Crippen molar-refractivity contribution < 1.29 is 0 Å². The van der Waals surface area contributed by atoms with Crippen LogP contribution in [0.4, 0.5) is 68.2 Å². The molecule has 0 bridgehead atoms. The van der Waals surface area contributed by atoms with E-state index in [-0.39, 0.29) is 0 Å². The molecular weight excluding hydrogens is 1570 g/mol. The van der Waals surface area contributed by atoms with Gasteiger partial charge >= 0.3 is 0 Å². The van der Waals surface area contributed by atoms with Crippen molar-refractivity contribution in [3.05, 3.63) is 423 Å². The minimum absolute atomic E-state index is 1.06. The van der Waals surface area contributed by atoms with Crippen molar-refractivity contribution >= 4 is 159 Å². The Labute approximate surface area is 714 Å². The molecule has 0 atom stereocenters. The zero-order valence-corrected chi connectivity index (χ0v) is 69.9. The van der Waals surface area contributed by atoms with Crippen LogP contribution >= 0.6 is 90.7 Å². The Morgan fingerprint density at radius 1 is 0.145 bits per heavy atom. The lowest BCUT2D eigenvalue weighted by molar-refractivity contribution is 1.25. The van der Waals surface area contributed by atoms with Crippen LogP contribution in [-0.2, 0) is 0 Å². The van der Waals surface area contributed by atoms with Crippen molar-refractivity contribution in [1.29, 1.82) is 0 Å². The first-order chi connectivity index (χ1) is 57.8. The summed E-state index contributed by atoms with van der Waals surface area (Å²) in [6, 6.07) is 151. The van der Waals surface area contributed by atoms with Gasteiger partial charge in [-0.15, -0.1) is 90.7 Å². The van der Waals surface area contributed by atoms with E-state index in [1.165, 1.54) is 107 Å². The molecule has 0 spiro atoms. The fourth-order valence-electron chi connectivity index (χ4n) is 15.3. The van der Waals surface area contributed by atoms with Crippen molar-refractivity contribution in [1.82, 2.24) is 0 Å². The van der Waals surface area contributed by atoms with Crippen LogP contribution in [-0.4, -0.2) is 0 Å². The van der Waals surface area contributed by atoms with Gasteiger partial charge in [-0.05, 0) is 306 Å². The van der Waals surface area contributed by atoms with Crippen molar-refractivity contribution in [2.75, 3.05) is 19.6 Å². The molecule has 4 nitrogen and oxygen atoms in total. The lowest BCUT2D eigenvalue weighted by Crippen LogP contribution is -2.13. The molecule has 117 heavy (non-hydrogen) atoms. The second kappa shape index (κ2) is 33.0. The van der Waals surface area contributed by atoms with E-state index >= 15 is 0 Å². The number of anilines is 12. The second-order valence-corrected chi connectivity index (χ2v) is 37.0. The smallest absolute Gasteiger partial charge is 0.0488 e. The van der Waals surface area contributed by atoms with Gasteiger partial charge in [-0.3, -0.25) is 0 Å². The first kappa shape index (κ1) is 73.3. The Morgan fingerprint density at radius 3 is 0.521 bits per heavy atom. The summed E-state index contributed by atoms with van der Waals surface area (Å²) in [7, 11) is 0.